The van der Waals surface area contributed by atoms with E-state index < -0.39 is 16.1 Å². The third kappa shape index (κ3) is 2.90. The predicted octanol–water partition coefficient (Wildman–Crippen LogP) is 2.05. The maximum absolute atomic E-state index is 12.7. The molecule has 2 rings (SSSR count). The molecule has 0 radical (unpaired) electrons. The minimum absolute atomic E-state index is 0.0947. The Labute approximate surface area is 121 Å². The molecule has 1 heterocycles. The molecule has 0 amide bonds. The summed E-state index contributed by atoms with van der Waals surface area (Å²) in [6.45, 7) is 8.59. The Hall–Kier alpha value is -0.910. The zero-order valence-corrected chi connectivity index (χ0v) is 13.4. The van der Waals surface area contributed by atoms with Crippen molar-refractivity contribution in [2.45, 2.75) is 50.5 Å². The maximum atomic E-state index is 12.7. The number of hydrogen-bond donors (Lipinski definition) is 1. The molecule has 20 heavy (non-hydrogen) atoms. The van der Waals surface area contributed by atoms with E-state index in [2.05, 4.69) is 20.8 Å². The lowest BCUT2D eigenvalue weighted by Crippen LogP contribution is -2.30. The average molecular weight is 297 g/mol. The maximum Gasteiger partial charge on any atom is 0.243 e. The number of β-amino-alcohol motifs (C(OH)–C–C–N with tert-alkyl or cyclic N) is 1. The molecule has 1 unspecified atom stereocenters. The molecule has 1 fully saturated rings. The van der Waals surface area contributed by atoms with Crippen molar-refractivity contribution < 1.29 is 13.5 Å². The lowest BCUT2D eigenvalue weighted by Gasteiger charge is -2.23. The zero-order chi connectivity index (χ0) is 15.1. The van der Waals surface area contributed by atoms with Crippen LogP contribution in [0, 0.1) is 6.92 Å². The molecule has 1 N–H and O–H groups in total. The minimum Gasteiger partial charge on any atom is -0.392 e. The Morgan fingerprint density at radius 3 is 2.45 bits per heavy atom. The van der Waals surface area contributed by atoms with Crippen LogP contribution in [0.2, 0.25) is 0 Å². The number of aryl methyl sites for hydroxylation is 1. The number of rotatable bonds is 2. The highest BCUT2D eigenvalue weighted by atomic mass is 32.2. The van der Waals surface area contributed by atoms with E-state index in [0.717, 1.165) is 11.1 Å². The van der Waals surface area contributed by atoms with Gasteiger partial charge in [0, 0.05) is 13.1 Å². The molecule has 1 aliphatic rings. The van der Waals surface area contributed by atoms with Crippen molar-refractivity contribution in [1.82, 2.24) is 4.31 Å². The summed E-state index contributed by atoms with van der Waals surface area (Å²) in [7, 11) is -3.51. The van der Waals surface area contributed by atoms with Gasteiger partial charge >= 0.3 is 0 Å². The van der Waals surface area contributed by atoms with Crippen molar-refractivity contribution in [2.24, 2.45) is 0 Å². The Kier molecular flexibility index (Phi) is 3.97. The Morgan fingerprint density at radius 2 is 1.95 bits per heavy atom. The molecule has 1 saturated heterocycles. The van der Waals surface area contributed by atoms with E-state index in [1.807, 2.05) is 19.1 Å². The van der Waals surface area contributed by atoms with Gasteiger partial charge in [-0.15, -0.1) is 0 Å². The van der Waals surface area contributed by atoms with Gasteiger partial charge in [-0.05, 0) is 36.0 Å². The summed E-state index contributed by atoms with van der Waals surface area (Å²) in [5.41, 5.74) is 1.66. The van der Waals surface area contributed by atoms with Crippen molar-refractivity contribution in [3.05, 3.63) is 29.3 Å². The normalized spacial score (nSPS) is 21.4. The summed E-state index contributed by atoms with van der Waals surface area (Å²) in [5.74, 6) is 0. The molecule has 0 aliphatic carbocycles. The van der Waals surface area contributed by atoms with Crippen LogP contribution in [0.3, 0.4) is 0 Å². The van der Waals surface area contributed by atoms with E-state index in [1.165, 1.54) is 4.31 Å². The summed E-state index contributed by atoms with van der Waals surface area (Å²) in [5, 5.41) is 9.56. The van der Waals surface area contributed by atoms with Crippen LogP contribution in [0.5, 0.6) is 0 Å². The highest BCUT2D eigenvalue weighted by molar-refractivity contribution is 7.89. The van der Waals surface area contributed by atoms with Gasteiger partial charge < -0.3 is 5.11 Å². The van der Waals surface area contributed by atoms with Crippen LogP contribution in [-0.2, 0) is 15.4 Å². The van der Waals surface area contributed by atoms with E-state index in [0.29, 0.717) is 17.9 Å². The van der Waals surface area contributed by atoms with Gasteiger partial charge in [0.25, 0.3) is 0 Å². The van der Waals surface area contributed by atoms with Gasteiger partial charge in [0.05, 0.1) is 11.0 Å². The van der Waals surface area contributed by atoms with Crippen LogP contribution >= 0.6 is 0 Å². The van der Waals surface area contributed by atoms with Crippen molar-refractivity contribution >= 4 is 10.0 Å². The molecule has 1 atom stereocenters. The second-order valence-electron chi connectivity index (χ2n) is 6.54. The standard InChI is InChI=1S/C15H23NO3S/c1-11-5-6-12(15(2,3)4)9-14(11)20(18,19)16-8-7-13(17)10-16/h5-6,9,13,17H,7-8,10H2,1-4H3. The Balaban J connectivity index is 2.46. The smallest absolute Gasteiger partial charge is 0.243 e. The average Bonchev–Trinajstić information content (AvgIpc) is 2.75. The summed E-state index contributed by atoms with van der Waals surface area (Å²) in [4.78, 5) is 0.360. The second kappa shape index (κ2) is 5.13. The van der Waals surface area contributed by atoms with Crippen molar-refractivity contribution in [2.75, 3.05) is 13.1 Å². The number of sulfonamides is 1. The lowest BCUT2D eigenvalue weighted by atomic mass is 9.87. The Morgan fingerprint density at radius 1 is 1.30 bits per heavy atom. The van der Waals surface area contributed by atoms with Crippen LogP contribution < -0.4 is 0 Å². The lowest BCUT2D eigenvalue weighted by molar-refractivity contribution is 0.189. The van der Waals surface area contributed by atoms with E-state index >= 15 is 0 Å². The van der Waals surface area contributed by atoms with Gasteiger partial charge in [-0.2, -0.15) is 4.31 Å². The molecule has 112 valence electrons. The van der Waals surface area contributed by atoms with Crippen LogP contribution in [0.15, 0.2) is 23.1 Å². The quantitative estimate of drug-likeness (QED) is 0.909. The van der Waals surface area contributed by atoms with E-state index in [-0.39, 0.29) is 12.0 Å². The second-order valence-corrected chi connectivity index (χ2v) is 8.44. The van der Waals surface area contributed by atoms with Crippen LogP contribution in [0.4, 0.5) is 0 Å². The molecule has 5 heteroatoms. The number of benzene rings is 1. The van der Waals surface area contributed by atoms with Crippen LogP contribution in [0.1, 0.15) is 38.3 Å². The molecule has 0 spiro atoms. The fourth-order valence-electron chi connectivity index (χ4n) is 2.41. The number of hydrogen-bond acceptors (Lipinski definition) is 3. The molecule has 1 aliphatic heterocycles. The molecule has 1 aromatic carbocycles. The number of nitrogens with zero attached hydrogens (tertiary/aromatic N) is 1. The first-order valence-corrected chi connectivity index (χ1v) is 8.36. The molecular weight excluding hydrogens is 274 g/mol. The van der Waals surface area contributed by atoms with Gasteiger partial charge in [0.1, 0.15) is 0 Å². The molecule has 0 aromatic heterocycles. The third-order valence-electron chi connectivity index (χ3n) is 3.80. The summed E-state index contributed by atoms with van der Waals surface area (Å²) >= 11 is 0. The summed E-state index contributed by atoms with van der Waals surface area (Å²) in [6.07, 6.45) is -0.0343. The van der Waals surface area contributed by atoms with Gasteiger partial charge in [-0.25, -0.2) is 8.42 Å². The van der Waals surface area contributed by atoms with Gasteiger partial charge in [0.15, 0.2) is 0 Å². The third-order valence-corrected chi connectivity index (χ3v) is 5.81. The fourth-order valence-corrected chi connectivity index (χ4v) is 4.16. The topological polar surface area (TPSA) is 57.6 Å². The van der Waals surface area contributed by atoms with E-state index in [4.69, 9.17) is 0 Å². The fraction of sp³-hybridized carbons (Fsp3) is 0.600. The number of aliphatic hydroxyl groups is 1. The van der Waals surface area contributed by atoms with Gasteiger partial charge in [-0.3, -0.25) is 0 Å². The van der Waals surface area contributed by atoms with Crippen molar-refractivity contribution in [3.63, 3.8) is 0 Å². The van der Waals surface area contributed by atoms with E-state index in [1.54, 1.807) is 6.07 Å². The summed E-state index contributed by atoms with van der Waals surface area (Å²) in [6, 6.07) is 5.61. The Bertz CT molecular complexity index is 602. The van der Waals surface area contributed by atoms with Crippen LogP contribution in [-0.4, -0.2) is 37.0 Å². The minimum atomic E-state index is -3.51. The van der Waals surface area contributed by atoms with E-state index in [9.17, 15) is 13.5 Å². The zero-order valence-electron chi connectivity index (χ0n) is 12.5. The molecular formula is C15H23NO3S. The molecule has 1 aromatic rings. The molecule has 4 nitrogen and oxygen atoms in total. The predicted molar refractivity (Wildman–Crippen MR) is 79.3 cm³/mol. The first-order valence-electron chi connectivity index (χ1n) is 6.92. The van der Waals surface area contributed by atoms with Crippen molar-refractivity contribution in [3.8, 4) is 0 Å². The largest absolute Gasteiger partial charge is 0.392 e. The first-order chi connectivity index (χ1) is 9.12. The van der Waals surface area contributed by atoms with Crippen LogP contribution in [0.25, 0.3) is 0 Å². The highest BCUT2D eigenvalue weighted by Crippen LogP contribution is 2.29. The first kappa shape index (κ1) is 15.5. The van der Waals surface area contributed by atoms with Gasteiger partial charge in [0.2, 0.25) is 10.0 Å². The van der Waals surface area contributed by atoms with Crippen molar-refractivity contribution in [1.29, 1.82) is 0 Å². The molecule has 0 bridgehead atoms. The monoisotopic (exact) mass is 297 g/mol. The SMILES string of the molecule is Cc1ccc(C(C)(C)C)cc1S(=O)(=O)N1CCC(O)C1. The van der Waals surface area contributed by atoms with Gasteiger partial charge in [-0.1, -0.05) is 32.9 Å². The highest BCUT2D eigenvalue weighted by Gasteiger charge is 2.33. The number of aliphatic hydroxyl groups excluding tert-OH is 1. The summed E-state index contributed by atoms with van der Waals surface area (Å²) < 4.78 is 26.8. The molecule has 0 saturated carbocycles.